The van der Waals surface area contributed by atoms with Gasteiger partial charge in [0.15, 0.2) is 0 Å². The average Bonchev–Trinajstić information content (AvgIpc) is 3.18. The minimum Gasteiger partial charge on any atom is -0.497 e. The molecule has 0 aliphatic rings. The number of ether oxygens (including phenoxy) is 1. The number of nitrogens with zero attached hydrogens (tertiary/aromatic N) is 3. The predicted octanol–water partition coefficient (Wildman–Crippen LogP) is 4.35. The Morgan fingerprint density at radius 3 is 2.57 bits per heavy atom. The Bertz CT molecular complexity index is 1050. The molecule has 0 fully saturated rings. The highest BCUT2D eigenvalue weighted by atomic mass is 16.5. The summed E-state index contributed by atoms with van der Waals surface area (Å²) in [6, 6.07) is 21.6. The van der Waals surface area contributed by atoms with Crippen LogP contribution in [0.1, 0.15) is 11.7 Å². The molecule has 0 aliphatic heterocycles. The summed E-state index contributed by atoms with van der Waals surface area (Å²) >= 11 is 0. The normalized spacial score (nSPS) is 11.9. The van der Waals surface area contributed by atoms with E-state index in [2.05, 4.69) is 9.97 Å². The van der Waals surface area contributed by atoms with Crippen LogP contribution in [0.3, 0.4) is 0 Å². The summed E-state index contributed by atoms with van der Waals surface area (Å²) in [7, 11) is 1.65. The van der Waals surface area contributed by atoms with Crippen molar-refractivity contribution in [2.24, 2.45) is 0 Å². The zero-order chi connectivity index (χ0) is 19.3. The van der Waals surface area contributed by atoms with Crippen molar-refractivity contribution in [3.05, 3.63) is 91.0 Å². The van der Waals surface area contributed by atoms with Crippen molar-refractivity contribution in [3.8, 4) is 28.3 Å². The maximum absolute atomic E-state index is 10.7. The highest BCUT2D eigenvalue weighted by molar-refractivity contribution is 5.79. The van der Waals surface area contributed by atoms with Gasteiger partial charge in [0.1, 0.15) is 5.75 Å². The number of benzene rings is 2. The quantitative estimate of drug-likeness (QED) is 0.547. The number of hydrogen-bond donors (Lipinski definition) is 1. The highest BCUT2D eigenvalue weighted by Crippen LogP contribution is 2.33. The standard InChI is InChI=1S/C23H21N3O2/c1-28-20-11-5-9-18(13-20)23-22(17-7-3-2-4-8-17)25-16-26(23)15-21(27)19-10-6-12-24-14-19/h2-14,16,21,27H,15H2,1H3/t21-/m0/s1. The van der Waals surface area contributed by atoms with E-state index in [1.807, 2.05) is 71.3 Å². The fourth-order valence-electron chi connectivity index (χ4n) is 3.27. The Labute approximate surface area is 163 Å². The summed E-state index contributed by atoms with van der Waals surface area (Å²) < 4.78 is 7.38. The van der Waals surface area contributed by atoms with Gasteiger partial charge < -0.3 is 14.4 Å². The molecule has 0 radical (unpaired) electrons. The van der Waals surface area contributed by atoms with Crippen molar-refractivity contribution < 1.29 is 9.84 Å². The molecular formula is C23H21N3O2. The van der Waals surface area contributed by atoms with Gasteiger partial charge in [-0.1, -0.05) is 48.5 Å². The summed E-state index contributed by atoms with van der Waals surface area (Å²) in [5, 5.41) is 10.7. The molecule has 2 aromatic heterocycles. The van der Waals surface area contributed by atoms with Gasteiger partial charge >= 0.3 is 0 Å². The van der Waals surface area contributed by atoms with Crippen LogP contribution in [-0.4, -0.2) is 26.8 Å². The van der Waals surface area contributed by atoms with E-state index in [4.69, 9.17) is 4.74 Å². The van der Waals surface area contributed by atoms with Gasteiger partial charge in [0.25, 0.3) is 0 Å². The van der Waals surface area contributed by atoms with Crippen LogP contribution >= 0.6 is 0 Å². The van der Waals surface area contributed by atoms with Gasteiger partial charge in [-0.15, -0.1) is 0 Å². The van der Waals surface area contributed by atoms with Gasteiger partial charge in [-0.05, 0) is 18.2 Å². The molecule has 4 aromatic rings. The van der Waals surface area contributed by atoms with Crippen LogP contribution in [0.25, 0.3) is 22.5 Å². The molecule has 1 N–H and O–H groups in total. The first-order chi connectivity index (χ1) is 13.8. The first-order valence-electron chi connectivity index (χ1n) is 9.09. The second-order valence-electron chi connectivity index (χ2n) is 6.49. The maximum atomic E-state index is 10.7. The van der Waals surface area contributed by atoms with Gasteiger partial charge in [-0.25, -0.2) is 4.98 Å². The van der Waals surface area contributed by atoms with E-state index < -0.39 is 6.10 Å². The SMILES string of the molecule is COc1cccc(-c2c(-c3ccccc3)ncn2C[C@H](O)c2cccnc2)c1. The van der Waals surface area contributed by atoms with Crippen LogP contribution in [0.2, 0.25) is 0 Å². The molecule has 28 heavy (non-hydrogen) atoms. The lowest BCUT2D eigenvalue weighted by Crippen LogP contribution is -2.09. The topological polar surface area (TPSA) is 60.2 Å². The van der Waals surface area contributed by atoms with Crippen LogP contribution in [0.5, 0.6) is 5.75 Å². The second-order valence-corrected chi connectivity index (χ2v) is 6.49. The van der Waals surface area contributed by atoms with Gasteiger partial charge in [0, 0.05) is 29.1 Å². The molecule has 1 atom stereocenters. The van der Waals surface area contributed by atoms with Crippen molar-refractivity contribution in [2.45, 2.75) is 12.6 Å². The van der Waals surface area contributed by atoms with Crippen LogP contribution in [0.4, 0.5) is 0 Å². The summed E-state index contributed by atoms with van der Waals surface area (Å²) in [5.74, 6) is 0.775. The van der Waals surface area contributed by atoms with Crippen molar-refractivity contribution in [1.29, 1.82) is 0 Å². The lowest BCUT2D eigenvalue weighted by Gasteiger charge is -2.15. The molecule has 0 bridgehead atoms. The van der Waals surface area contributed by atoms with Gasteiger partial charge in [0.2, 0.25) is 0 Å². The molecule has 0 unspecified atom stereocenters. The van der Waals surface area contributed by atoms with Crippen molar-refractivity contribution in [3.63, 3.8) is 0 Å². The van der Waals surface area contributed by atoms with Crippen LogP contribution in [0.15, 0.2) is 85.5 Å². The van der Waals surface area contributed by atoms with E-state index >= 15 is 0 Å². The Morgan fingerprint density at radius 1 is 1.00 bits per heavy atom. The molecule has 2 aromatic carbocycles. The predicted molar refractivity (Wildman–Crippen MR) is 109 cm³/mol. The third kappa shape index (κ3) is 3.66. The number of imidazole rings is 1. The summed E-state index contributed by atoms with van der Waals surface area (Å²) in [5.41, 5.74) is 4.58. The minimum absolute atomic E-state index is 0.373. The lowest BCUT2D eigenvalue weighted by molar-refractivity contribution is 0.156. The molecular weight excluding hydrogens is 350 g/mol. The molecule has 4 rings (SSSR count). The maximum Gasteiger partial charge on any atom is 0.119 e. The summed E-state index contributed by atoms with van der Waals surface area (Å²) in [6.45, 7) is 0.373. The molecule has 5 nitrogen and oxygen atoms in total. The number of hydrogen-bond acceptors (Lipinski definition) is 4. The molecule has 140 valence electrons. The molecule has 0 saturated carbocycles. The minimum atomic E-state index is -0.684. The summed E-state index contributed by atoms with van der Waals surface area (Å²) in [6.07, 6.45) is 4.47. The number of aliphatic hydroxyl groups excluding tert-OH is 1. The lowest BCUT2D eigenvalue weighted by atomic mass is 10.0. The molecule has 0 spiro atoms. The highest BCUT2D eigenvalue weighted by Gasteiger charge is 2.18. The fourth-order valence-corrected chi connectivity index (χ4v) is 3.27. The Hall–Kier alpha value is -3.44. The van der Waals surface area contributed by atoms with Crippen molar-refractivity contribution in [2.75, 3.05) is 7.11 Å². The molecule has 2 heterocycles. The van der Waals surface area contributed by atoms with Gasteiger partial charge in [-0.2, -0.15) is 0 Å². The molecule has 5 heteroatoms. The van der Waals surface area contributed by atoms with Gasteiger partial charge in [-0.3, -0.25) is 4.98 Å². The number of pyridine rings is 1. The Kier molecular flexibility index (Phi) is 5.17. The zero-order valence-electron chi connectivity index (χ0n) is 15.6. The number of aliphatic hydroxyl groups is 1. The number of aromatic nitrogens is 3. The first kappa shape index (κ1) is 17.9. The number of methoxy groups -OCH3 is 1. The van der Waals surface area contributed by atoms with E-state index in [0.717, 1.165) is 33.8 Å². The molecule has 0 amide bonds. The van der Waals surface area contributed by atoms with E-state index in [1.165, 1.54) is 0 Å². The number of rotatable bonds is 6. The monoisotopic (exact) mass is 371 g/mol. The second kappa shape index (κ2) is 8.06. The van der Waals surface area contributed by atoms with Crippen LogP contribution < -0.4 is 4.74 Å². The van der Waals surface area contributed by atoms with Crippen molar-refractivity contribution in [1.82, 2.24) is 14.5 Å². The molecule has 0 aliphatic carbocycles. The van der Waals surface area contributed by atoms with E-state index in [0.29, 0.717) is 6.54 Å². The van der Waals surface area contributed by atoms with E-state index in [-0.39, 0.29) is 0 Å². The largest absolute Gasteiger partial charge is 0.497 e. The van der Waals surface area contributed by atoms with Gasteiger partial charge in [0.05, 0.1) is 37.5 Å². The first-order valence-corrected chi connectivity index (χ1v) is 9.09. The van der Waals surface area contributed by atoms with E-state index in [9.17, 15) is 5.11 Å². The Balaban J connectivity index is 1.79. The third-order valence-corrected chi connectivity index (χ3v) is 4.67. The summed E-state index contributed by atoms with van der Waals surface area (Å²) in [4.78, 5) is 8.76. The van der Waals surface area contributed by atoms with Crippen LogP contribution in [0, 0.1) is 0 Å². The Morgan fingerprint density at radius 2 is 1.82 bits per heavy atom. The van der Waals surface area contributed by atoms with Crippen molar-refractivity contribution >= 4 is 0 Å². The fraction of sp³-hybridized carbons (Fsp3) is 0.130. The molecule has 0 saturated heterocycles. The smallest absolute Gasteiger partial charge is 0.119 e. The van der Waals surface area contributed by atoms with E-state index in [1.54, 1.807) is 25.8 Å². The third-order valence-electron chi connectivity index (χ3n) is 4.67. The zero-order valence-corrected chi connectivity index (χ0v) is 15.6. The average molecular weight is 371 g/mol. The van der Waals surface area contributed by atoms with Crippen LogP contribution in [-0.2, 0) is 6.54 Å².